The summed E-state index contributed by atoms with van der Waals surface area (Å²) < 4.78 is 0. The Kier molecular flexibility index (Phi) is 2.95. The Bertz CT molecular complexity index is 467. The van der Waals surface area contributed by atoms with Gasteiger partial charge in [0.1, 0.15) is 5.84 Å². The smallest absolute Gasteiger partial charge is 0.311 e. The quantitative estimate of drug-likeness (QED) is 0.353. The fraction of sp³-hybridized carbons (Fsp3) is 0.364. The van der Waals surface area contributed by atoms with Crippen molar-refractivity contribution in [2.45, 2.75) is 12.8 Å². The molecule has 2 N–H and O–H groups in total. The van der Waals surface area contributed by atoms with Crippen LogP contribution in [0.25, 0.3) is 0 Å². The Morgan fingerprint density at radius 1 is 1.41 bits per heavy atom. The lowest BCUT2D eigenvalue weighted by Crippen LogP contribution is -2.27. The number of phenols is 1. The van der Waals surface area contributed by atoms with Crippen LogP contribution in [0.4, 0.5) is 5.69 Å². The van der Waals surface area contributed by atoms with Gasteiger partial charge in [-0.2, -0.15) is 0 Å². The van der Waals surface area contributed by atoms with E-state index in [1.165, 1.54) is 18.2 Å². The lowest BCUT2D eigenvalue weighted by Gasteiger charge is -2.18. The molecule has 0 bridgehead atoms. The average Bonchev–Trinajstić information content (AvgIpc) is 2.81. The van der Waals surface area contributed by atoms with E-state index in [4.69, 9.17) is 5.41 Å². The summed E-state index contributed by atoms with van der Waals surface area (Å²) in [6, 6.07) is 4.04. The maximum absolute atomic E-state index is 10.7. The van der Waals surface area contributed by atoms with E-state index >= 15 is 0 Å². The molecule has 0 aromatic heterocycles. The van der Waals surface area contributed by atoms with Gasteiger partial charge in [-0.25, -0.2) is 0 Å². The number of phenolic OH excluding ortho intramolecular Hbond substituents is 1. The van der Waals surface area contributed by atoms with Crippen molar-refractivity contribution in [2.75, 3.05) is 13.1 Å². The summed E-state index contributed by atoms with van der Waals surface area (Å²) in [5.74, 6) is -0.0847. The van der Waals surface area contributed by atoms with Crippen molar-refractivity contribution < 1.29 is 10.0 Å². The Labute approximate surface area is 98.1 Å². The topological polar surface area (TPSA) is 90.5 Å². The SMILES string of the molecule is N=C(c1ccc(O)c([N+](=O)[O-])c1)N1CCCC1. The molecule has 0 radical (unpaired) electrons. The van der Waals surface area contributed by atoms with E-state index in [0.29, 0.717) is 5.56 Å². The largest absolute Gasteiger partial charge is 0.502 e. The van der Waals surface area contributed by atoms with E-state index < -0.39 is 4.92 Å². The van der Waals surface area contributed by atoms with E-state index in [0.717, 1.165) is 25.9 Å². The molecule has 17 heavy (non-hydrogen) atoms. The predicted molar refractivity (Wildman–Crippen MR) is 62.4 cm³/mol. The van der Waals surface area contributed by atoms with Gasteiger partial charge in [0, 0.05) is 24.7 Å². The zero-order valence-electron chi connectivity index (χ0n) is 9.22. The van der Waals surface area contributed by atoms with Gasteiger partial charge in [-0.1, -0.05) is 0 Å². The fourth-order valence-electron chi connectivity index (χ4n) is 1.94. The van der Waals surface area contributed by atoms with Crippen LogP contribution < -0.4 is 0 Å². The van der Waals surface area contributed by atoms with Crippen LogP contribution in [0.15, 0.2) is 18.2 Å². The Morgan fingerprint density at radius 3 is 2.65 bits per heavy atom. The molecule has 0 spiro atoms. The van der Waals surface area contributed by atoms with Crippen LogP contribution in [0.3, 0.4) is 0 Å². The summed E-state index contributed by atoms with van der Waals surface area (Å²) in [5, 5.41) is 28.0. The van der Waals surface area contributed by atoms with Crippen LogP contribution in [0.1, 0.15) is 18.4 Å². The zero-order valence-corrected chi connectivity index (χ0v) is 9.22. The number of benzene rings is 1. The molecule has 6 nitrogen and oxygen atoms in total. The third kappa shape index (κ3) is 2.20. The number of nitro groups is 1. The third-order valence-corrected chi connectivity index (χ3v) is 2.87. The Hall–Kier alpha value is -2.11. The number of likely N-dealkylation sites (tertiary alicyclic amines) is 1. The maximum atomic E-state index is 10.7. The molecule has 1 saturated heterocycles. The lowest BCUT2D eigenvalue weighted by molar-refractivity contribution is -0.385. The molecule has 6 heteroatoms. The highest BCUT2D eigenvalue weighted by Gasteiger charge is 2.20. The van der Waals surface area contributed by atoms with Gasteiger partial charge >= 0.3 is 5.69 Å². The van der Waals surface area contributed by atoms with E-state index in [9.17, 15) is 15.2 Å². The summed E-state index contributed by atoms with van der Waals surface area (Å²) in [5.41, 5.74) is 0.114. The molecule has 0 saturated carbocycles. The highest BCUT2D eigenvalue weighted by molar-refractivity contribution is 5.97. The fourth-order valence-corrected chi connectivity index (χ4v) is 1.94. The first-order chi connectivity index (χ1) is 8.09. The molecule has 1 aromatic rings. The number of hydrogen-bond acceptors (Lipinski definition) is 4. The second-order valence-corrected chi connectivity index (χ2v) is 4.00. The predicted octanol–water partition coefficient (Wildman–Crippen LogP) is 1.72. The van der Waals surface area contributed by atoms with Crippen LogP contribution in [-0.2, 0) is 0 Å². The van der Waals surface area contributed by atoms with Crippen molar-refractivity contribution in [3.63, 3.8) is 0 Å². The first kappa shape index (κ1) is 11.4. The third-order valence-electron chi connectivity index (χ3n) is 2.87. The van der Waals surface area contributed by atoms with Gasteiger partial charge in [-0.05, 0) is 25.0 Å². The summed E-state index contributed by atoms with van der Waals surface area (Å²) in [6.07, 6.45) is 2.09. The standard InChI is InChI=1S/C11H13N3O3/c12-11(13-5-1-2-6-13)8-3-4-10(15)9(7-8)14(16)17/h3-4,7,12,15H,1-2,5-6H2. The number of amidine groups is 1. The van der Waals surface area contributed by atoms with E-state index in [1.54, 1.807) is 0 Å². The molecule has 0 unspecified atom stereocenters. The molecule has 1 aliphatic heterocycles. The zero-order chi connectivity index (χ0) is 12.4. The number of aromatic hydroxyl groups is 1. The summed E-state index contributed by atoms with van der Waals surface area (Å²) in [6.45, 7) is 1.63. The number of nitrogens with zero attached hydrogens (tertiary/aromatic N) is 2. The first-order valence-electron chi connectivity index (χ1n) is 5.41. The van der Waals surface area contributed by atoms with Gasteiger partial charge < -0.3 is 10.0 Å². The van der Waals surface area contributed by atoms with Crippen molar-refractivity contribution >= 4 is 11.5 Å². The van der Waals surface area contributed by atoms with Gasteiger partial charge in [-0.15, -0.1) is 0 Å². The molecule has 2 rings (SSSR count). The molecular weight excluding hydrogens is 222 g/mol. The highest BCUT2D eigenvalue weighted by Crippen LogP contribution is 2.27. The highest BCUT2D eigenvalue weighted by atomic mass is 16.6. The van der Waals surface area contributed by atoms with Gasteiger partial charge in [0.25, 0.3) is 0 Å². The van der Waals surface area contributed by atoms with Crippen molar-refractivity contribution in [3.05, 3.63) is 33.9 Å². The molecule has 0 amide bonds. The van der Waals surface area contributed by atoms with Gasteiger partial charge in [0.05, 0.1) is 4.92 Å². The van der Waals surface area contributed by atoms with E-state index in [2.05, 4.69) is 0 Å². The van der Waals surface area contributed by atoms with Crippen LogP contribution in [0.5, 0.6) is 5.75 Å². The monoisotopic (exact) mass is 235 g/mol. The minimum absolute atomic E-state index is 0.283. The Morgan fingerprint density at radius 2 is 2.06 bits per heavy atom. The van der Waals surface area contributed by atoms with Crippen LogP contribution in [-0.4, -0.2) is 33.9 Å². The van der Waals surface area contributed by atoms with E-state index in [1.807, 2.05) is 4.90 Å². The molecule has 1 heterocycles. The first-order valence-corrected chi connectivity index (χ1v) is 5.41. The van der Waals surface area contributed by atoms with Crippen molar-refractivity contribution in [3.8, 4) is 5.75 Å². The van der Waals surface area contributed by atoms with Crippen molar-refractivity contribution in [1.82, 2.24) is 4.90 Å². The molecule has 1 aromatic carbocycles. The molecule has 0 atom stereocenters. The van der Waals surface area contributed by atoms with Crippen molar-refractivity contribution in [1.29, 1.82) is 5.41 Å². The second kappa shape index (κ2) is 4.40. The summed E-state index contributed by atoms with van der Waals surface area (Å²) in [4.78, 5) is 11.9. The minimum atomic E-state index is -0.643. The van der Waals surface area contributed by atoms with Gasteiger partial charge in [-0.3, -0.25) is 15.5 Å². The number of nitrogens with one attached hydrogen (secondary N) is 1. The minimum Gasteiger partial charge on any atom is -0.502 e. The number of hydrogen-bond donors (Lipinski definition) is 2. The van der Waals surface area contributed by atoms with E-state index in [-0.39, 0.29) is 17.3 Å². The summed E-state index contributed by atoms with van der Waals surface area (Å²) >= 11 is 0. The molecule has 90 valence electrons. The molecular formula is C11H13N3O3. The maximum Gasteiger partial charge on any atom is 0.311 e. The second-order valence-electron chi connectivity index (χ2n) is 4.00. The number of rotatable bonds is 2. The van der Waals surface area contributed by atoms with Crippen molar-refractivity contribution in [2.24, 2.45) is 0 Å². The van der Waals surface area contributed by atoms with Gasteiger partial charge in [0.2, 0.25) is 0 Å². The summed E-state index contributed by atoms with van der Waals surface area (Å²) in [7, 11) is 0. The molecule has 0 aliphatic carbocycles. The normalized spacial score (nSPS) is 14.9. The van der Waals surface area contributed by atoms with Crippen LogP contribution in [0.2, 0.25) is 0 Å². The average molecular weight is 235 g/mol. The molecule has 1 fully saturated rings. The molecule has 1 aliphatic rings. The van der Waals surface area contributed by atoms with Crippen LogP contribution >= 0.6 is 0 Å². The van der Waals surface area contributed by atoms with Crippen LogP contribution in [0, 0.1) is 15.5 Å². The Balaban J connectivity index is 2.29. The van der Waals surface area contributed by atoms with Gasteiger partial charge in [0.15, 0.2) is 5.75 Å². The number of nitro benzene ring substituents is 1. The lowest BCUT2D eigenvalue weighted by atomic mass is 10.1.